The third-order valence-electron chi connectivity index (χ3n) is 2.41. The molecule has 0 aliphatic rings. The van der Waals surface area contributed by atoms with Gasteiger partial charge in [0.05, 0.1) is 0 Å². The average Bonchev–Trinajstić information content (AvgIpc) is 2.37. The fourth-order valence-corrected chi connectivity index (χ4v) is 2.45. The van der Waals surface area contributed by atoms with Crippen LogP contribution in [0.15, 0.2) is 46.6 Å². The molecule has 0 aliphatic carbocycles. The number of anilines is 1. The topological polar surface area (TPSA) is 37.8 Å². The fourth-order valence-electron chi connectivity index (χ4n) is 1.54. The highest BCUT2D eigenvalue weighted by molar-refractivity contribution is 7.99. The predicted octanol–water partition coefficient (Wildman–Crippen LogP) is 3.76. The van der Waals surface area contributed by atoms with Crippen LogP contribution in [0.25, 0.3) is 0 Å². The summed E-state index contributed by atoms with van der Waals surface area (Å²) in [7, 11) is 0. The summed E-state index contributed by atoms with van der Waals surface area (Å²) in [6.45, 7) is 5.17. The Hall–Kier alpha value is -1.55. The number of hydrogen-bond acceptors (Lipinski definition) is 4. The van der Waals surface area contributed by atoms with Crippen LogP contribution >= 0.6 is 11.8 Å². The van der Waals surface area contributed by atoms with E-state index < -0.39 is 0 Å². The lowest BCUT2D eigenvalue weighted by Gasteiger charge is -2.05. The summed E-state index contributed by atoms with van der Waals surface area (Å²) >= 11 is 1.66. The van der Waals surface area contributed by atoms with Crippen LogP contribution in [0, 0.1) is 6.92 Å². The first-order chi connectivity index (χ1) is 8.78. The van der Waals surface area contributed by atoms with Crippen molar-refractivity contribution < 1.29 is 0 Å². The third kappa shape index (κ3) is 3.74. The van der Waals surface area contributed by atoms with Gasteiger partial charge in [0.15, 0.2) is 0 Å². The molecule has 0 aliphatic heterocycles. The van der Waals surface area contributed by atoms with Crippen molar-refractivity contribution in [3.63, 3.8) is 0 Å². The monoisotopic (exact) mass is 259 g/mol. The molecule has 1 N–H and O–H groups in total. The number of nitrogens with one attached hydrogen (secondary N) is 1. The van der Waals surface area contributed by atoms with Gasteiger partial charge in [0.25, 0.3) is 0 Å². The molecule has 0 bridgehead atoms. The second kappa shape index (κ2) is 6.40. The van der Waals surface area contributed by atoms with Gasteiger partial charge in [-0.3, -0.25) is 0 Å². The van der Waals surface area contributed by atoms with Crippen molar-refractivity contribution >= 4 is 17.6 Å². The van der Waals surface area contributed by atoms with Crippen LogP contribution in [0.2, 0.25) is 0 Å². The normalized spacial score (nSPS) is 10.3. The van der Waals surface area contributed by atoms with Crippen molar-refractivity contribution in [1.82, 2.24) is 9.97 Å². The minimum Gasteiger partial charge on any atom is -0.370 e. The van der Waals surface area contributed by atoms with Crippen LogP contribution < -0.4 is 5.32 Å². The molecule has 0 saturated carbocycles. The van der Waals surface area contributed by atoms with Gasteiger partial charge >= 0.3 is 0 Å². The number of aryl methyl sites for hydroxylation is 1. The number of hydrogen-bond donors (Lipinski definition) is 1. The zero-order valence-electron chi connectivity index (χ0n) is 10.7. The summed E-state index contributed by atoms with van der Waals surface area (Å²) in [6.07, 6.45) is 2.69. The molecule has 2 rings (SSSR count). The van der Waals surface area contributed by atoms with Crippen LogP contribution in [-0.4, -0.2) is 16.5 Å². The van der Waals surface area contributed by atoms with E-state index in [1.165, 1.54) is 10.5 Å². The molecule has 0 radical (unpaired) electrons. The van der Waals surface area contributed by atoms with Gasteiger partial charge in [-0.1, -0.05) is 36.4 Å². The molecule has 0 spiro atoms. The minimum atomic E-state index is 0.891. The van der Waals surface area contributed by atoms with E-state index in [1.54, 1.807) is 18.1 Å². The van der Waals surface area contributed by atoms with E-state index in [9.17, 15) is 0 Å². The summed E-state index contributed by atoms with van der Waals surface area (Å²) in [5.74, 6) is 0.891. The highest BCUT2D eigenvalue weighted by Gasteiger charge is 2.01. The summed E-state index contributed by atoms with van der Waals surface area (Å²) in [6, 6.07) is 10.4. The molecule has 3 nitrogen and oxygen atoms in total. The number of benzene rings is 1. The quantitative estimate of drug-likeness (QED) is 0.830. The average molecular weight is 259 g/mol. The Morgan fingerprint density at radius 2 is 2.11 bits per heavy atom. The molecule has 0 amide bonds. The molecule has 0 unspecified atom stereocenters. The van der Waals surface area contributed by atoms with Gasteiger partial charge in [0.2, 0.25) is 0 Å². The van der Waals surface area contributed by atoms with Gasteiger partial charge in [0.1, 0.15) is 17.2 Å². The molecule has 0 atom stereocenters. The highest BCUT2D eigenvalue weighted by Crippen LogP contribution is 2.27. The Kier molecular flexibility index (Phi) is 4.59. The van der Waals surface area contributed by atoms with Gasteiger partial charge in [-0.2, -0.15) is 0 Å². The number of aromatic nitrogens is 2. The van der Waals surface area contributed by atoms with Gasteiger partial charge in [-0.05, 0) is 25.5 Å². The molecule has 1 aromatic heterocycles. The van der Waals surface area contributed by atoms with Crippen molar-refractivity contribution in [2.45, 2.75) is 30.2 Å². The Balaban J connectivity index is 2.09. The van der Waals surface area contributed by atoms with E-state index in [0.717, 1.165) is 23.8 Å². The van der Waals surface area contributed by atoms with Gasteiger partial charge < -0.3 is 5.32 Å². The van der Waals surface area contributed by atoms with Gasteiger partial charge in [0, 0.05) is 17.5 Å². The van der Waals surface area contributed by atoms with E-state index >= 15 is 0 Å². The smallest absolute Gasteiger partial charge is 0.130 e. The Morgan fingerprint density at radius 1 is 1.22 bits per heavy atom. The second-order valence-corrected chi connectivity index (χ2v) is 5.18. The summed E-state index contributed by atoms with van der Waals surface area (Å²) in [5.41, 5.74) is 1.26. The Labute approximate surface area is 112 Å². The van der Waals surface area contributed by atoms with Gasteiger partial charge in [-0.25, -0.2) is 9.97 Å². The standard InChI is InChI=1S/C14H17N3S/c1-3-7-15-13-9-14(17-10-16-13)18-12-6-4-5-11(2)8-12/h4-6,8-10H,3,7H2,1-2H3,(H,15,16,17). The molecule has 18 heavy (non-hydrogen) atoms. The summed E-state index contributed by atoms with van der Waals surface area (Å²) in [5, 5.41) is 4.23. The lowest BCUT2D eigenvalue weighted by molar-refractivity contribution is 0.953. The molecule has 1 aromatic carbocycles. The molecule has 0 fully saturated rings. The molecular formula is C14H17N3S. The van der Waals surface area contributed by atoms with Crippen LogP contribution in [0.5, 0.6) is 0 Å². The zero-order valence-corrected chi connectivity index (χ0v) is 11.5. The highest BCUT2D eigenvalue weighted by atomic mass is 32.2. The van der Waals surface area contributed by atoms with Crippen LogP contribution in [0.1, 0.15) is 18.9 Å². The fraction of sp³-hybridized carbons (Fsp3) is 0.286. The van der Waals surface area contributed by atoms with E-state index in [-0.39, 0.29) is 0 Å². The van der Waals surface area contributed by atoms with Crippen molar-refractivity contribution in [3.05, 3.63) is 42.2 Å². The minimum absolute atomic E-state index is 0.891. The Bertz CT molecular complexity index is 514. The zero-order chi connectivity index (χ0) is 12.8. The SMILES string of the molecule is CCCNc1cc(Sc2cccc(C)c2)ncn1. The third-order valence-corrected chi connectivity index (χ3v) is 3.33. The van der Waals surface area contributed by atoms with E-state index in [2.05, 4.69) is 53.4 Å². The summed E-state index contributed by atoms with van der Waals surface area (Å²) in [4.78, 5) is 9.69. The van der Waals surface area contributed by atoms with Crippen LogP contribution in [0.4, 0.5) is 5.82 Å². The molecular weight excluding hydrogens is 242 g/mol. The van der Waals surface area contributed by atoms with Crippen molar-refractivity contribution in [3.8, 4) is 0 Å². The molecule has 4 heteroatoms. The maximum atomic E-state index is 4.28. The molecule has 2 aromatic rings. The largest absolute Gasteiger partial charge is 0.370 e. The maximum Gasteiger partial charge on any atom is 0.130 e. The second-order valence-electron chi connectivity index (χ2n) is 4.09. The first-order valence-electron chi connectivity index (χ1n) is 6.08. The van der Waals surface area contributed by atoms with Crippen LogP contribution in [0.3, 0.4) is 0 Å². The number of rotatable bonds is 5. The number of nitrogens with zero attached hydrogens (tertiary/aromatic N) is 2. The lowest BCUT2D eigenvalue weighted by atomic mass is 10.2. The van der Waals surface area contributed by atoms with E-state index in [4.69, 9.17) is 0 Å². The van der Waals surface area contributed by atoms with Crippen molar-refractivity contribution in [1.29, 1.82) is 0 Å². The van der Waals surface area contributed by atoms with Crippen molar-refractivity contribution in [2.75, 3.05) is 11.9 Å². The summed E-state index contributed by atoms with van der Waals surface area (Å²) < 4.78 is 0. The van der Waals surface area contributed by atoms with Crippen molar-refractivity contribution in [2.24, 2.45) is 0 Å². The Morgan fingerprint density at radius 3 is 2.89 bits per heavy atom. The first-order valence-corrected chi connectivity index (χ1v) is 6.90. The maximum absolute atomic E-state index is 4.28. The molecule has 94 valence electrons. The van der Waals surface area contributed by atoms with E-state index in [0.29, 0.717) is 0 Å². The molecule has 0 saturated heterocycles. The first kappa shape index (κ1) is 12.9. The lowest BCUT2D eigenvalue weighted by Crippen LogP contribution is -2.02. The molecule has 1 heterocycles. The van der Waals surface area contributed by atoms with Gasteiger partial charge in [-0.15, -0.1) is 0 Å². The van der Waals surface area contributed by atoms with Crippen LogP contribution in [-0.2, 0) is 0 Å². The van der Waals surface area contributed by atoms with E-state index in [1.807, 2.05) is 6.07 Å². The predicted molar refractivity (Wildman–Crippen MR) is 76.1 cm³/mol.